The van der Waals surface area contributed by atoms with Crippen molar-refractivity contribution in [1.29, 1.82) is 0 Å². The molecule has 0 amide bonds. The molecule has 20 heavy (non-hydrogen) atoms. The van der Waals surface area contributed by atoms with Gasteiger partial charge in [-0.2, -0.15) is 0 Å². The number of hydrogen-bond donors (Lipinski definition) is 1. The zero-order chi connectivity index (χ0) is 14.7. The van der Waals surface area contributed by atoms with E-state index < -0.39 is 5.97 Å². The summed E-state index contributed by atoms with van der Waals surface area (Å²) in [5.74, 6) is -1.15. The van der Waals surface area contributed by atoms with Gasteiger partial charge in [0.25, 0.3) is 0 Å². The van der Waals surface area contributed by atoms with Gasteiger partial charge in [0.05, 0.1) is 0 Å². The first-order valence-corrected chi connectivity index (χ1v) is 7.16. The Kier molecular flexibility index (Phi) is 4.39. The van der Waals surface area contributed by atoms with E-state index in [2.05, 4.69) is 4.90 Å². The van der Waals surface area contributed by atoms with Crippen LogP contribution in [-0.2, 0) is 6.54 Å². The number of thiophene rings is 1. The lowest BCUT2D eigenvalue weighted by Crippen LogP contribution is -2.22. The van der Waals surface area contributed by atoms with Crippen LogP contribution in [0.3, 0.4) is 0 Å². The van der Waals surface area contributed by atoms with Crippen LogP contribution in [0, 0.1) is 12.7 Å². The molecular formula is C15H16FNO2S. The molecule has 0 spiro atoms. The van der Waals surface area contributed by atoms with E-state index in [1.807, 2.05) is 13.8 Å². The van der Waals surface area contributed by atoms with Crippen LogP contribution in [-0.4, -0.2) is 17.6 Å². The summed E-state index contributed by atoms with van der Waals surface area (Å²) >= 11 is 1.29. The summed E-state index contributed by atoms with van der Waals surface area (Å²) in [7, 11) is 0. The van der Waals surface area contributed by atoms with Crippen LogP contribution in [0.2, 0.25) is 0 Å². The third kappa shape index (κ3) is 3.17. The number of carboxylic acid groups (broad SMARTS) is 1. The van der Waals surface area contributed by atoms with Crippen LogP contribution >= 0.6 is 11.3 Å². The summed E-state index contributed by atoms with van der Waals surface area (Å²) in [5, 5.41) is 9.02. The van der Waals surface area contributed by atoms with Crippen LogP contribution in [0.5, 0.6) is 0 Å². The summed E-state index contributed by atoms with van der Waals surface area (Å²) in [6, 6.07) is 8.05. The Hall–Kier alpha value is -1.88. The minimum absolute atomic E-state index is 0.260. The topological polar surface area (TPSA) is 40.5 Å². The molecule has 0 atom stereocenters. The predicted molar refractivity (Wildman–Crippen MR) is 79.1 cm³/mol. The summed E-state index contributed by atoms with van der Waals surface area (Å²) in [5.41, 5.74) is 1.93. The van der Waals surface area contributed by atoms with Gasteiger partial charge in [-0.25, -0.2) is 9.18 Å². The van der Waals surface area contributed by atoms with Crippen LogP contribution in [0.15, 0.2) is 30.3 Å². The van der Waals surface area contributed by atoms with E-state index in [1.54, 1.807) is 18.2 Å². The smallest absolute Gasteiger partial charge is 0.345 e. The molecule has 1 N–H and O–H groups in total. The Morgan fingerprint density at radius 1 is 1.35 bits per heavy atom. The SMILES string of the molecule is CCN(Cc1cc(C(=O)O)sc1C)c1ccc(F)cc1. The fourth-order valence-electron chi connectivity index (χ4n) is 2.03. The molecule has 0 aliphatic carbocycles. The molecule has 0 fully saturated rings. The van der Waals surface area contributed by atoms with Crippen LogP contribution < -0.4 is 4.90 Å². The van der Waals surface area contributed by atoms with E-state index in [0.717, 1.165) is 22.7 Å². The van der Waals surface area contributed by atoms with Gasteiger partial charge in [-0.3, -0.25) is 0 Å². The molecule has 0 saturated heterocycles. The number of halogens is 1. The molecule has 0 aliphatic rings. The first-order chi connectivity index (χ1) is 9.51. The fraction of sp³-hybridized carbons (Fsp3) is 0.267. The zero-order valence-electron chi connectivity index (χ0n) is 11.4. The van der Waals surface area contributed by atoms with E-state index in [4.69, 9.17) is 5.11 Å². The summed E-state index contributed by atoms with van der Waals surface area (Å²) in [6.45, 7) is 5.33. The number of aromatic carboxylic acids is 1. The molecule has 3 nitrogen and oxygen atoms in total. The number of hydrogen-bond acceptors (Lipinski definition) is 3. The molecule has 1 aromatic heterocycles. The lowest BCUT2D eigenvalue weighted by molar-refractivity contribution is 0.0702. The average Bonchev–Trinajstić information content (AvgIpc) is 2.79. The quantitative estimate of drug-likeness (QED) is 0.908. The molecular weight excluding hydrogens is 277 g/mol. The summed E-state index contributed by atoms with van der Waals surface area (Å²) < 4.78 is 13.0. The van der Waals surface area contributed by atoms with E-state index in [-0.39, 0.29) is 5.82 Å². The summed E-state index contributed by atoms with van der Waals surface area (Å²) in [6.07, 6.45) is 0. The highest BCUT2D eigenvalue weighted by molar-refractivity contribution is 7.14. The van der Waals surface area contributed by atoms with Crippen molar-refractivity contribution in [2.24, 2.45) is 0 Å². The van der Waals surface area contributed by atoms with E-state index in [0.29, 0.717) is 11.4 Å². The second-order valence-electron chi connectivity index (χ2n) is 4.49. The van der Waals surface area contributed by atoms with E-state index >= 15 is 0 Å². The highest BCUT2D eigenvalue weighted by atomic mass is 32.1. The van der Waals surface area contributed by atoms with Crippen molar-refractivity contribution in [3.8, 4) is 0 Å². The molecule has 0 aliphatic heterocycles. The molecule has 2 aromatic rings. The maximum absolute atomic E-state index is 13.0. The average molecular weight is 293 g/mol. The van der Waals surface area contributed by atoms with Crippen LogP contribution in [0.1, 0.15) is 27.0 Å². The number of carbonyl (C=O) groups is 1. The molecule has 0 saturated carbocycles. The van der Waals surface area contributed by atoms with Gasteiger partial charge in [0.15, 0.2) is 0 Å². The highest BCUT2D eigenvalue weighted by Gasteiger charge is 2.13. The first-order valence-electron chi connectivity index (χ1n) is 6.34. The first kappa shape index (κ1) is 14.5. The van der Waals surface area contributed by atoms with Gasteiger partial charge in [-0.1, -0.05) is 0 Å². The van der Waals surface area contributed by atoms with Gasteiger partial charge >= 0.3 is 5.97 Å². The minimum Gasteiger partial charge on any atom is -0.477 e. The Bertz CT molecular complexity index is 607. The van der Waals surface area contributed by atoms with Crippen LogP contribution in [0.4, 0.5) is 10.1 Å². The maximum atomic E-state index is 13.0. The van der Waals surface area contributed by atoms with Crippen molar-refractivity contribution < 1.29 is 14.3 Å². The number of nitrogens with zero attached hydrogens (tertiary/aromatic N) is 1. The largest absolute Gasteiger partial charge is 0.477 e. The standard InChI is InChI=1S/C15H16FNO2S/c1-3-17(13-6-4-12(16)5-7-13)9-11-8-14(15(18)19)20-10(11)2/h4-8H,3,9H2,1-2H3,(H,18,19). The normalized spacial score (nSPS) is 10.6. The Morgan fingerprint density at radius 3 is 2.50 bits per heavy atom. The zero-order valence-corrected chi connectivity index (χ0v) is 12.2. The predicted octanol–water partition coefficient (Wildman–Crippen LogP) is 3.92. The Balaban J connectivity index is 2.22. The molecule has 2 rings (SSSR count). The second-order valence-corrected chi connectivity index (χ2v) is 5.74. The fourth-order valence-corrected chi connectivity index (χ4v) is 2.90. The third-order valence-corrected chi connectivity index (χ3v) is 4.25. The van der Waals surface area contributed by atoms with E-state index in [9.17, 15) is 9.18 Å². The Labute approximate surface area is 121 Å². The van der Waals surface area contributed by atoms with Gasteiger partial charge in [0.2, 0.25) is 0 Å². The van der Waals surface area contributed by atoms with Crippen molar-refractivity contribution in [2.45, 2.75) is 20.4 Å². The van der Waals surface area contributed by atoms with Crippen molar-refractivity contribution in [3.05, 3.63) is 51.5 Å². The number of rotatable bonds is 5. The van der Waals surface area contributed by atoms with Crippen molar-refractivity contribution in [2.75, 3.05) is 11.4 Å². The monoisotopic (exact) mass is 293 g/mol. The van der Waals surface area contributed by atoms with Crippen molar-refractivity contribution in [1.82, 2.24) is 0 Å². The minimum atomic E-state index is -0.894. The summed E-state index contributed by atoms with van der Waals surface area (Å²) in [4.78, 5) is 14.4. The van der Waals surface area contributed by atoms with E-state index in [1.165, 1.54) is 23.5 Å². The Morgan fingerprint density at radius 2 is 2.00 bits per heavy atom. The lowest BCUT2D eigenvalue weighted by Gasteiger charge is -2.23. The lowest BCUT2D eigenvalue weighted by atomic mass is 10.2. The molecule has 0 unspecified atom stereocenters. The van der Waals surface area contributed by atoms with Gasteiger partial charge < -0.3 is 10.0 Å². The van der Waals surface area contributed by atoms with Gasteiger partial charge in [0, 0.05) is 23.7 Å². The van der Waals surface area contributed by atoms with Crippen molar-refractivity contribution in [3.63, 3.8) is 0 Å². The molecule has 1 aromatic carbocycles. The van der Waals surface area contributed by atoms with Gasteiger partial charge in [0.1, 0.15) is 10.7 Å². The number of benzene rings is 1. The number of aryl methyl sites for hydroxylation is 1. The van der Waals surface area contributed by atoms with Crippen molar-refractivity contribution >= 4 is 23.0 Å². The van der Waals surface area contributed by atoms with Gasteiger partial charge in [-0.05, 0) is 49.7 Å². The third-order valence-electron chi connectivity index (χ3n) is 3.17. The molecule has 0 radical (unpaired) electrons. The second kappa shape index (κ2) is 6.05. The number of carboxylic acids is 1. The highest BCUT2D eigenvalue weighted by Crippen LogP contribution is 2.25. The molecule has 5 heteroatoms. The van der Waals surface area contributed by atoms with Gasteiger partial charge in [-0.15, -0.1) is 11.3 Å². The number of anilines is 1. The van der Waals surface area contributed by atoms with Crippen LogP contribution in [0.25, 0.3) is 0 Å². The molecule has 0 bridgehead atoms. The maximum Gasteiger partial charge on any atom is 0.345 e. The molecule has 106 valence electrons. The molecule has 1 heterocycles.